The molecule has 102 valence electrons. The summed E-state index contributed by atoms with van der Waals surface area (Å²) in [6.45, 7) is 0. The number of nitro groups is 1. The van der Waals surface area contributed by atoms with Crippen molar-refractivity contribution in [2.24, 2.45) is 0 Å². The number of hydrogen-bond acceptors (Lipinski definition) is 6. The lowest BCUT2D eigenvalue weighted by atomic mass is 9.99. The number of halogens is 1. The van der Waals surface area contributed by atoms with Gasteiger partial charge in [0.1, 0.15) is 0 Å². The predicted octanol–water partition coefficient (Wildman–Crippen LogP) is 1.53. The molecule has 1 aromatic carbocycles. The van der Waals surface area contributed by atoms with Crippen molar-refractivity contribution in [2.75, 3.05) is 14.2 Å². The van der Waals surface area contributed by atoms with E-state index in [1.165, 1.54) is 24.3 Å². The largest absolute Gasteiger partial charge is 0.467 e. The van der Waals surface area contributed by atoms with Crippen molar-refractivity contribution in [3.8, 4) is 0 Å². The Kier molecular flexibility index (Phi) is 4.60. The second kappa shape index (κ2) is 5.79. The van der Waals surface area contributed by atoms with Crippen LogP contribution in [0.25, 0.3) is 0 Å². The van der Waals surface area contributed by atoms with E-state index in [1.807, 2.05) is 0 Å². The quantitative estimate of drug-likeness (QED) is 0.273. The summed E-state index contributed by atoms with van der Waals surface area (Å²) in [5.74, 6) is -1.76. The molecular weight excluding hydrogens is 322 g/mol. The fourth-order valence-corrected chi connectivity index (χ4v) is 2.00. The van der Waals surface area contributed by atoms with E-state index in [1.54, 1.807) is 0 Å². The fraction of sp³-hybridized carbons (Fsp3) is 0.273. The number of rotatable bonds is 4. The van der Waals surface area contributed by atoms with E-state index in [-0.39, 0.29) is 11.3 Å². The Morgan fingerprint density at radius 1 is 1.16 bits per heavy atom. The molecule has 1 rings (SSSR count). The number of esters is 2. The maximum Gasteiger partial charge on any atom is 0.338 e. The molecule has 7 nitrogen and oxygen atoms in total. The van der Waals surface area contributed by atoms with Gasteiger partial charge in [-0.3, -0.25) is 10.1 Å². The Labute approximate surface area is 116 Å². The number of benzene rings is 1. The highest BCUT2D eigenvalue weighted by Crippen LogP contribution is 2.35. The van der Waals surface area contributed by atoms with E-state index in [0.29, 0.717) is 0 Å². The lowest BCUT2D eigenvalue weighted by Crippen LogP contribution is -2.39. The molecule has 0 N–H and O–H groups in total. The van der Waals surface area contributed by atoms with Crippen LogP contribution in [0.1, 0.15) is 5.56 Å². The van der Waals surface area contributed by atoms with Gasteiger partial charge in [-0.15, -0.1) is 0 Å². The van der Waals surface area contributed by atoms with Gasteiger partial charge in [0.05, 0.1) is 19.1 Å². The van der Waals surface area contributed by atoms with Crippen molar-refractivity contribution in [1.82, 2.24) is 0 Å². The van der Waals surface area contributed by atoms with Crippen molar-refractivity contribution in [3.63, 3.8) is 0 Å². The number of carbonyl (C=O) groups excluding carboxylic acids is 2. The molecule has 0 radical (unpaired) electrons. The van der Waals surface area contributed by atoms with Crippen LogP contribution < -0.4 is 0 Å². The van der Waals surface area contributed by atoms with Gasteiger partial charge < -0.3 is 9.47 Å². The molecule has 0 atom stereocenters. The first kappa shape index (κ1) is 15.1. The molecule has 0 amide bonds. The summed E-state index contributed by atoms with van der Waals surface area (Å²) in [5.41, 5.74) is 0.0186. The molecule has 0 unspecified atom stereocenters. The maximum absolute atomic E-state index is 11.7. The van der Waals surface area contributed by atoms with Crippen LogP contribution in [0, 0.1) is 10.1 Å². The molecule has 0 heterocycles. The molecule has 0 saturated heterocycles. The Morgan fingerprint density at radius 2 is 1.58 bits per heavy atom. The second-order valence-electron chi connectivity index (χ2n) is 3.45. The van der Waals surface area contributed by atoms with Gasteiger partial charge in [0.25, 0.3) is 5.69 Å². The molecule has 0 aromatic heterocycles. The van der Waals surface area contributed by atoms with Crippen LogP contribution in [0.15, 0.2) is 24.3 Å². The van der Waals surface area contributed by atoms with Crippen LogP contribution in [-0.4, -0.2) is 31.1 Å². The first-order chi connectivity index (χ1) is 8.87. The topological polar surface area (TPSA) is 95.7 Å². The Bertz CT molecular complexity index is 496. The molecule has 0 aliphatic heterocycles. The Hall–Kier alpha value is -1.96. The number of carbonyl (C=O) groups is 2. The normalized spacial score (nSPS) is 10.7. The van der Waals surface area contributed by atoms with E-state index in [0.717, 1.165) is 14.2 Å². The molecule has 0 fully saturated rings. The monoisotopic (exact) mass is 331 g/mol. The van der Waals surface area contributed by atoms with E-state index in [9.17, 15) is 19.7 Å². The molecule has 0 aliphatic carbocycles. The van der Waals surface area contributed by atoms with Gasteiger partial charge in [-0.1, -0.05) is 15.9 Å². The highest BCUT2D eigenvalue weighted by atomic mass is 79.9. The third kappa shape index (κ3) is 2.73. The fourth-order valence-electron chi connectivity index (χ4n) is 1.41. The highest BCUT2D eigenvalue weighted by molar-refractivity contribution is 9.10. The van der Waals surface area contributed by atoms with Crippen LogP contribution in [0.5, 0.6) is 0 Å². The average molecular weight is 332 g/mol. The summed E-state index contributed by atoms with van der Waals surface area (Å²) in [4.78, 5) is 33.5. The Balaban J connectivity index is 3.30. The van der Waals surface area contributed by atoms with Gasteiger partial charge in [0.2, 0.25) is 4.32 Å². The SMILES string of the molecule is COC(=O)C(Br)(C(=O)OC)c1ccc([N+](=O)[O-])cc1. The lowest BCUT2D eigenvalue weighted by Gasteiger charge is -2.21. The third-order valence-corrected chi connectivity index (χ3v) is 3.51. The van der Waals surface area contributed by atoms with Gasteiger partial charge in [-0.05, 0) is 17.7 Å². The number of ether oxygens (including phenoxy) is 2. The minimum absolute atomic E-state index is 0.159. The summed E-state index contributed by atoms with van der Waals surface area (Å²) >= 11 is 2.99. The minimum atomic E-state index is -1.84. The van der Waals surface area contributed by atoms with E-state index < -0.39 is 21.2 Å². The zero-order valence-corrected chi connectivity index (χ0v) is 11.7. The number of non-ortho nitro benzene ring substituents is 1. The smallest absolute Gasteiger partial charge is 0.338 e. The molecule has 19 heavy (non-hydrogen) atoms. The summed E-state index contributed by atoms with van der Waals surface area (Å²) < 4.78 is 7.26. The van der Waals surface area contributed by atoms with Crippen molar-refractivity contribution in [2.45, 2.75) is 4.32 Å². The zero-order valence-electron chi connectivity index (χ0n) is 10.1. The number of hydrogen-bond donors (Lipinski definition) is 0. The molecule has 1 aromatic rings. The van der Waals surface area contributed by atoms with Crippen LogP contribution in [-0.2, 0) is 23.4 Å². The van der Waals surface area contributed by atoms with Crippen LogP contribution in [0.3, 0.4) is 0 Å². The van der Waals surface area contributed by atoms with Crippen molar-refractivity contribution in [3.05, 3.63) is 39.9 Å². The number of nitro benzene ring substituents is 1. The van der Waals surface area contributed by atoms with E-state index in [2.05, 4.69) is 25.4 Å². The van der Waals surface area contributed by atoms with E-state index in [4.69, 9.17) is 0 Å². The van der Waals surface area contributed by atoms with Gasteiger partial charge in [0.15, 0.2) is 0 Å². The van der Waals surface area contributed by atoms with Gasteiger partial charge >= 0.3 is 11.9 Å². The average Bonchev–Trinajstić information content (AvgIpc) is 2.44. The minimum Gasteiger partial charge on any atom is -0.467 e. The summed E-state index contributed by atoms with van der Waals surface area (Å²) in [5, 5.41) is 10.6. The number of alkyl halides is 1. The third-order valence-electron chi connectivity index (χ3n) is 2.41. The van der Waals surface area contributed by atoms with Gasteiger partial charge in [0, 0.05) is 12.1 Å². The molecule has 0 saturated carbocycles. The summed E-state index contributed by atoms with van der Waals surface area (Å²) in [6.07, 6.45) is 0. The zero-order chi connectivity index (χ0) is 14.6. The molecule has 8 heteroatoms. The predicted molar refractivity (Wildman–Crippen MR) is 67.7 cm³/mol. The summed E-state index contributed by atoms with van der Waals surface area (Å²) in [6, 6.07) is 4.91. The van der Waals surface area contributed by atoms with Crippen LogP contribution in [0.4, 0.5) is 5.69 Å². The second-order valence-corrected chi connectivity index (χ2v) is 4.64. The molecule has 0 aliphatic rings. The lowest BCUT2D eigenvalue weighted by molar-refractivity contribution is -0.384. The van der Waals surface area contributed by atoms with Crippen molar-refractivity contribution >= 4 is 33.6 Å². The Morgan fingerprint density at radius 3 is 1.89 bits per heavy atom. The number of methoxy groups -OCH3 is 2. The standard InChI is InChI=1S/C11H10BrNO6/c1-18-9(14)11(12,10(15)19-2)7-3-5-8(6-4-7)13(16)17/h3-6H,1-2H3. The maximum atomic E-state index is 11.7. The van der Waals surface area contributed by atoms with Crippen molar-refractivity contribution in [1.29, 1.82) is 0 Å². The molecule has 0 bridgehead atoms. The van der Waals surface area contributed by atoms with Crippen LogP contribution >= 0.6 is 15.9 Å². The first-order valence-corrected chi connectivity index (χ1v) is 5.78. The van der Waals surface area contributed by atoms with Gasteiger partial charge in [-0.2, -0.15) is 0 Å². The first-order valence-electron chi connectivity index (χ1n) is 4.98. The number of nitrogens with zero attached hydrogens (tertiary/aromatic N) is 1. The van der Waals surface area contributed by atoms with Crippen LogP contribution in [0.2, 0.25) is 0 Å². The van der Waals surface area contributed by atoms with Gasteiger partial charge in [-0.25, -0.2) is 9.59 Å². The van der Waals surface area contributed by atoms with Crippen molar-refractivity contribution < 1.29 is 24.0 Å². The summed E-state index contributed by atoms with van der Waals surface area (Å²) in [7, 11) is 2.24. The van der Waals surface area contributed by atoms with E-state index >= 15 is 0 Å². The highest BCUT2D eigenvalue weighted by Gasteiger charge is 2.48. The molecule has 0 spiro atoms. The molecular formula is C11H10BrNO6.